The van der Waals surface area contributed by atoms with Crippen molar-refractivity contribution in [3.63, 3.8) is 0 Å². The minimum absolute atomic E-state index is 0.0901. The summed E-state index contributed by atoms with van der Waals surface area (Å²) in [5.41, 5.74) is 0.883. The van der Waals surface area contributed by atoms with E-state index in [9.17, 15) is 14.0 Å². The van der Waals surface area contributed by atoms with Crippen molar-refractivity contribution in [3.8, 4) is 11.5 Å². The van der Waals surface area contributed by atoms with Crippen LogP contribution in [0.15, 0.2) is 48.2 Å². The van der Waals surface area contributed by atoms with Crippen molar-refractivity contribution < 1.29 is 28.2 Å². The van der Waals surface area contributed by atoms with Crippen LogP contribution in [0.5, 0.6) is 11.5 Å². The highest BCUT2D eigenvalue weighted by molar-refractivity contribution is 6.14. The number of ether oxygens (including phenoxy) is 3. The van der Waals surface area contributed by atoms with E-state index in [0.717, 1.165) is 0 Å². The Morgan fingerprint density at radius 3 is 2.74 bits per heavy atom. The lowest BCUT2D eigenvalue weighted by Crippen LogP contribution is -2.42. The van der Waals surface area contributed by atoms with E-state index in [0.29, 0.717) is 43.2 Å². The number of halogens is 1. The quantitative estimate of drug-likeness (QED) is 0.760. The van der Waals surface area contributed by atoms with E-state index in [1.165, 1.54) is 24.3 Å². The van der Waals surface area contributed by atoms with Crippen LogP contribution in [0.3, 0.4) is 0 Å². The Labute approximate surface area is 154 Å². The van der Waals surface area contributed by atoms with Gasteiger partial charge in [-0.25, -0.2) is 9.18 Å². The molecule has 138 valence electrons. The average Bonchev–Trinajstić information content (AvgIpc) is 2.97. The second kappa shape index (κ2) is 7.20. The van der Waals surface area contributed by atoms with Crippen molar-refractivity contribution in [2.45, 2.75) is 0 Å². The van der Waals surface area contributed by atoms with Gasteiger partial charge in [-0.1, -0.05) is 12.1 Å². The highest BCUT2D eigenvalue weighted by Gasteiger charge is 2.28. The van der Waals surface area contributed by atoms with E-state index in [4.69, 9.17) is 14.2 Å². The van der Waals surface area contributed by atoms with Crippen molar-refractivity contribution in [2.24, 2.45) is 0 Å². The number of morpholine rings is 1. The lowest BCUT2D eigenvalue weighted by atomic mass is 10.1. The third kappa shape index (κ3) is 3.68. The van der Waals surface area contributed by atoms with E-state index in [-0.39, 0.29) is 17.3 Å². The lowest BCUT2D eigenvalue weighted by Gasteiger charge is -2.25. The topological polar surface area (TPSA) is 65.1 Å². The Bertz CT molecular complexity index is 934. The standard InChI is InChI=1S/C20H16FNO5/c21-14-3-1-2-13(10-14)11-18-19(23)16-5-4-15(12-17(16)27-18)26-20(24)22-6-8-25-9-7-22/h1-5,10-12H,6-9H2. The van der Waals surface area contributed by atoms with Gasteiger partial charge in [-0.3, -0.25) is 4.79 Å². The Morgan fingerprint density at radius 2 is 1.96 bits per heavy atom. The van der Waals surface area contributed by atoms with Crippen LogP contribution in [-0.4, -0.2) is 43.1 Å². The molecular weight excluding hydrogens is 353 g/mol. The van der Waals surface area contributed by atoms with Crippen LogP contribution < -0.4 is 9.47 Å². The second-order valence-electron chi connectivity index (χ2n) is 6.12. The Balaban J connectivity index is 1.51. The molecule has 0 aromatic heterocycles. The van der Waals surface area contributed by atoms with Crippen LogP contribution in [0, 0.1) is 5.82 Å². The smallest absolute Gasteiger partial charge is 0.415 e. The number of nitrogens with zero attached hydrogens (tertiary/aromatic N) is 1. The third-order valence-electron chi connectivity index (χ3n) is 4.26. The zero-order chi connectivity index (χ0) is 18.8. The van der Waals surface area contributed by atoms with Crippen LogP contribution >= 0.6 is 0 Å². The zero-order valence-electron chi connectivity index (χ0n) is 14.3. The summed E-state index contributed by atoms with van der Waals surface area (Å²) < 4.78 is 29.5. The van der Waals surface area contributed by atoms with Gasteiger partial charge >= 0.3 is 6.09 Å². The maximum absolute atomic E-state index is 13.3. The first-order chi connectivity index (χ1) is 13.1. The summed E-state index contributed by atoms with van der Waals surface area (Å²) in [6.07, 6.45) is 1.00. The average molecular weight is 369 g/mol. The summed E-state index contributed by atoms with van der Waals surface area (Å²) in [7, 11) is 0. The minimum atomic E-state index is -0.474. The summed E-state index contributed by atoms with van der Waals surface area (Å²) in [6.45, 7) is 1.90. The van der Waals surface area contributed by atoms with Crippen LogP contribution in [0.2, 0.25) is 0 Å². The molecule has 2 heterocycles. The summed E-state index contributed by atoms with van der Waals surface area (Å²) in [4.78, 5) is 26.2. The van der Waals surface area contributed by atoms with Crippen LogP contribution in [0.1, 0.15) is 15.9 Å². The maximum atomic E-state index is 13.3. The van der Waals surface area contributed by atoms with Crippen molar-refractivity contribution in [1.29, 1.82) is 0 Å². The van der Waals surface area contributed by atoms with Gasteiger partial charge in [0, 0.05) is 19.2 Å². The molecule has 0 bridgehead atoms. The molecule has 1 saturated heterocycles. The molecular formula is C20H16FNO5. The number of carbonyl (C=O) groups is 2. The van der Waals surface area contributed by atoms with Crippen molar-refractivity contribution in [3.05, 3.63) is 65.2 Å². The van der Waals surface area contributed by atoms with E-state index in [2.05, 4.69) is 0 Å². The number of ketones is 1. The number of allylic oxidation sites excluding steroid dienone is 1. The Morgan fingerprint density at radius 1 is 1.15 bits per heavy atom. The first-order valence-electron chi connectivity index (χ1n) is 8.48. The molecule has 0 unspecified atom stereocenters. The van der Waals surface area contributed by atoms with Gasteiger partial charge in [0.05, 0.1) is 18.8 Å². The highest BCUT2D eigenvalue weighted by Crippen LogP contribution is 2.35. The van der Waals surface area contributed by atoms with Crippen molar-refractivity contribution in [1.82, 2.24) is 4.90 Å². The molecule has 0 saturated carbocycles. The van der Waals surface area contributed by atoms with Crippen molar-refractivity contribution in [2.75, 3.05) is 26.3 Å². The zero-order valence-corrected chi connectivity index (χ0v) is 14.3. The largest absolute Gasteiger partial charge is 0.452 e. The second-order valence-corrected chi connectivity index (χ2v) is 6.12. The number of amides is 1. The number of benzene rings is 2. The van der Waals surface area contributed by atoms with Crippen LogP contribution in [0.25, 0.3) is 6.08 Å². The fraction of sp³-hybridized carbons (Fsp3) is 0.200. The fourth-order valence-corrected chi connectivity index (χ4v) is 2.89. The molecule has 1 amide bonds. The minimum Gasteiger partial charge on any atom is -0.452 e. The van der Waals surface area contributed by atoms with Gasteiger partial charge in [-0.05, 0) is 35.9 Å². The fourth-order valence-electron chi connectivity index (χ4n) is 2.89. The number of hydrogen-bond donors (Lipinski definition) is 0. The SMILES string of the molecule is O=C1C(=Cc2cccc(F)c2)Oc2cc(OC(=O)N3CCOCC3)ccc21. The first-order valence-corrected chi connectivity index (χ1v) is 8.48. The van der Waals surface area contributed by atoms with Crippen LogP contribution in [0.4, 0.5) is 9.18 Å². The van der Waals surface area contributed by atoms with E-state index in [1.54, 1.807) is 29.2 Å². The van der Waals surface area contributed by atoms with E-state index < -0.39 is 11.9 Å². The van der Waals surface area contributed by atoms with Gasteiger partial charge in [-0.15, -0.1) is 0 Å². The molecule has 0 N–H and O–H groups in total. The summed E-state index contributed by atoms with van der Waals surface area (Å²) in [6, 6.07) is 10.4. The summed E-state index contributed by atoms with van der Waals surface area (Å²) in [5, 5.41) is 0. The molecule has 0 aliphatic carbocycles. The predicted octanol–water partition coefficient (Wildman–Crippen LogP) is 3.27. The molecule has 0 atom stereocenters. The van der Waals surface area contributed by atoms with E-state index >= 15 is 0 Å². The molecule has 0 spiro atoms. The Kier molecular flexibility index (Phi) is 4.60. The molecule has 2 aliphatic rings. The highest BCUT2D eigenvalue weighted by atomic mass is 19.1. The number of fused-ring (bicyclic) bond motifs is 1. The van der Waals surface area contributed by atoms with Crippen molar-refractivity contribution >= 4 is 18.0 Å². The van der Waals surface area contributed by atoms with Gasteiger partial charge in [0.1, 0.15) is 17.3 Å². The normalized spacial score (nSPS) is 17.6. The molecule has 27 heavy (non-hydrogen) atoms. The predicted molar refractivity (Wildman–Crippen MR) is 94.2 cm³/mol. The maximum Gasteiger partial charge on any atom is 0.415 e. The number of hydrogen-bond acceptors (Lipinski definition) is 5. The summed E-state index contributed by atoms with van der Waals surface area (Å²) in [5.74, 6) is -0.0304. The van der Waals surface area contributed by atoms with Gasteiger partial charge in [-0.2, -0.15) is 0 Å². The molecule has 7 heteroatoms. The monoisotopic (exact) mass is 369 g/mol. The molecule has 2 aromatic carbocycles. The Hall–Kier alpha value is -3.19. The molecule has 4 rings (SSSR count). The first kappa shape index (κ1) is 17.2. The number of rotatable bonds is 2. The third-order valence-corrected chi connectivity index (χ3v) is 4.26. The van der Waals surface area contributed by atoms with Gasteiger partial charge < -0.3 is 19.1 Å². The van der Waals surface area contributed by atoms with Crippen LogP contribution in [-0.2, 0) is 4.74 Å². The van der Waals surface area contributed by atoms with Gasteiger partial charge in [0.2, 0.25) is 5.78 Å². The van der Waals surface area contributed by atoms with Gasteiger partial charge in [0.15, 0.2) is 5.76 Å². The molecule has 1 fully saturated rings. The lowest BCUT2D eigenvalue weighted by molar-refractivity contribution is 0.0416. The summed E-state index contributed by atoms with van der Waals surface area (Å²) >= 11 is 0. The number of carbonyl (C=O) groups excluding carboxylic acids is 2. The van der Waals surface area contributed by atoms with Gasteiger partial charge in [0.25, 0.3) is 0 Å². The molecule has 2 aromatic rings. The number of Topliss-reactive ketones (excluding diaryl/α,β-unsaturated/α-hetero) is 1. The molecule has 2 aliphatic heterocycles. The van der Waals surface area contributed by atoms with E-state index in [1.807, 2.05) is 0 Å². The molecule has 6 nitrogen and oxygen atoms in total. The molecule has 0 radical (unpaired) electrons.